The maximum Gasteiger partial charge on any atom is 0.193 e. The lowest BCUT2D eigenvalue weighted by Crippen LogP contribution is -2.00. The van der Waals surface area contributed by atoms with Gasteiger partial charge in [-0.2, -0.15) is 0 Å². The van der Waals surface area contributed by atoms with Crippen LogP contribution in [0, 0.1) is 0 Å². The molecule has 3 rings (SSSR count). The lowest BCUT2D eigenvalue weighted by molar-refractivity contribution is 0.415. The first kappa shape index (κ1) is 11.5. The fourth-order valence-corrected chi connectivity index (χ4v) is 1.91. The molecule has 0 N–H and O–H groups in total. The zero-order valence-electron chi connectivity index (χ0n) is 10.3. The van der Waals surface area contributed by atoms with Gasteiger partial charge < -0.3 is 9.15 Å². The highest BCUT2D eigenvalue weighted by atomic mass is 16.5. The average Bonchev–Trinajstić information content (AvgIpc) is 2.47. The first-order valence-corrected chi connectivity index (χ1v) is 5.80. The largest absolute Gasteiger partial charge is 0.497 e. The van der Waals surface area contributed by atoms with E-state index in [1.807, 2.05) is 24.3 Å². The fraction of sp³-hybridized carbons (Fsp3) is 0.0667. The van der Waals surface area contributed by atoms with E-state index in [1.165, 1.54) is 6.07 Å². The summed E-state index contributed by atoms with van der Waals surface area (Å²) in [5, 5.41) is 0.535. The number of rotatable bonds is 2. The predicted molar refractivity (Wildman–Crippen MR) is 72.3 cm³/mol. The van der Waals surface area contributed by atoms with Gasteiger partial charge in [-0.3, -0.25) is 9.78 Å². The molecule has 0 fully saturated rings. The number of aromatic nitrogens is 1. The Hall–Kier alpha value is -2.62. The van der Waals surface area contributed by atoms with Gasteiger partial charge in [-0.15, -0.1) is 0 Å². The van der Waals surface area contributed by atoms with Gasteiger partial charge in [-0.25, -0.2) is 0 Å². The normalized spacial score (nSPS) is 10.6. The van der Waals surface area contributed by atoms with Gasteiger partial charge in [0.05, 0.1) is 18.7 Å². The molecule has 0 saturated heterocycles. The van der Waals surface area contributed by atoms with Crippen molar-refractivity contribution >= 4 is 11.0 Å². The minimum Gasteiger partial charge on any atom is -0.497 e. The van der Waals surface area contributed by atoms with Crippen LogP contribution in [0.4, 0.5) is 0 Å². The van der Waals surface area contributed by atoms with Gasteiger partial charge in [0.15, 0.2) is 11.0 Å². The molecular formula is C15H11NO3. The van der Waals surface area contributed by atoms with Crippen LogP contribution in [0.3, 0.4) is 0 Å². The molecule has 4 nitrogen and oxygen atoms in total. The van der Waals surface area contributed by atoms with Gasteiger partial charge in [0.25, 0.3) is 0 Å². The number of nitrogens with zero attached hydrogens (tertiary/aromatic N) is 1. The molecule has 2 aromatic heterocycles. The molecule has 0 aliphatic carbocycles. The van der Waals surface area contributed by atoms with E-state index in [1.54, 1.807) is 25.6 Å². The molecule has 0 saturated carbocycles. The standard InChI is InChI=1S/C15H11NO3/c1-18-11-4-2-10(3-5-11)14-8-13(17)12-6-7-16-9-15(12)19-14/h2-9H,1H3. The maximum absolute atomic E-state index is 12.0. The van der Waals surface area contributed by atoms with Crippen molar-refractivity contribution in [2.75, 3.05) is 7.11 Å². The van der Waals surface area contributed by atoms with Gasteiger partial charge >= 0.3 is 0 Å². The van der Waals surface area contributed by atoms with E-state index in [0.717, 1.165) is 11.3 Å². The van der Waals surface area contributed by atoms with E-state index in [2.05, 4.69) is 4.98 Å². The summed E-state index contributed by atoms with van der Waals surface area (Å²) in [6, 6.07) is 10.5. The van der Waals surface area contributed by atoms with E-state index in [-0.39, 0.29) is 5.43 Å². The highest BCUT2D eigenvalue weighted by Gasteiger charge is 2.06. The summed E-state index contributed by atoms with van der Waals surface area (Å²) in [4.78, 5) is 15.9. The molecule has 3 aromatic rings. The number of hydrogen-bond donors (Lipinski definition) is 0. The van der Waals surface area contributed by atoms with Crippen molar-refractivity contribution in [3.63, 3.8) is 0 Å². The first-order chi connectivity index (χ1) is 9.28. The average molecular weight is 253 g/mol. The minimum atomic E-state index is -0.0746. The third-order valence-electron chi connectivity index (χ3n) is 2.91. The quantitative estimate of drug-likeness (QED) is 0.704. The zero-order chi connectivity index (χ0) is 13.2. The summed E-state index contributed by atoms with van der Waals surface area (Å²) in [6.07, 6.45) is 3.12. The molecule has 4 heteroatoms. The molecule has 2 heterocycles. The van der Waals surface area contributed by atoms with Crippen molar-refractivity contribution in [3.05, 3.63) is 59.0 Å². The number of pyridine rings is 1. The van der Waals surface area contributed by atoms with Crippen LogP contribution in [0.1, 0.15) is 0 Å². The van der Waals surface area contributed by atoms with Crippen LogP contribution in [0.5, 0.6) is 5.75 Å². The van der Waals surface area contributed by atoms with Gasteiger partial charge in [0.2, 0.25) is 0 Å². The fourth-order valence-electron chi connectivity index (χ4n) is 1.91. The van der Waals surface area contributed by atoms with Gasteiger partial charge in [-0.05, 0) is 30.3 Å². The molecule has 0 spiro atoms. The third-order valence-corrected chi connectivity index (χ3v) is 2.91. The van der Waals surface area contributed by atoms with E-state index in [4.69, 9.17) is 9.15 Å². The predicted octanol–water partition coefficient (Wildman–Crippen LogP) is 2.86. The summed E-state index contributed by atoms with van der Waals surface area (Å²) < 4.78 is 10.8. The Morgan fingerprint density at radius 2 is 1.95 bits per heavy atom. The van der Waals surface area contributed by atoms with Crippen molar-refractivity contribution < 1.29 is 9.15 Å². The molecular weight excluding hydrogens is 242 g/mol. The molecule has 0 bridgehead atoms. The summed E-state index contributed by atoms with van der Waals surface area (Å²) in [6.45, 7) is 0. The van der Waals surface area contributed by atoms with Gasteiger partial charge in [-0.1, -0.05) is 0 Å². The molecule has 0 aliphatic heterocycles. The van der Waals surface area contributed by atoms with Crippen molar-refractivity contribution in [1.82, 2.24) is 4.98 Å². The first-order valence-electron chi connectivity index (χ1n) is 5.80. The highest BCUT2D eigenvalue weighted by molar-refractivity contribution is 5.77. The summed E-state index contributed by atoms with van der Waals surface area (Å²) in [7, 11) is 1.61. The Bertz CT molecular complexity index is 775. The Labute approximate surface area is 109 Å². The van der Waals surface area contributed by atoms with Crippen LogP contribution in [-0.4, -0.2) is 12.1 Å². The van der Waals surface area contributed by atoms with Crippen molar-refractivity contribution in [1.29, 1.82) is 0 Å². The van der Waals surface area contributed by atoms with E-state index in [9.17, 15) is 4.79 Å². The molecule has 1 aromatic carbocycles. The van der Waals surface area contributed by atoms with Crippen LogP contribution in [-0.2, 0) is 0 Å². The van der Waals surface area contributed by atoms with Gasteiger partial charge in [0.1, 0.15) is 11.5 Å². The maximum atomic E-state index is 12.0. The SMILES string of the molecule is COc1ccc(-c2cc(=O)c3ccncc3o2)cc1. The lowest BCUT2D eigenvalue weighted by Gasteiger charge is -2.04. The lowest BCUT2D eigenvalue weighted by atomic mass is 10.1. The number of benzene rings is 1. The Kier molecular flexibility index (Phi) is 2.76. The van der Waals surface area contributed by atoms with Crippen molar-refractivity contribution in [3.8, 4) is 17.1 Å². The highest BCUT2D eigenvalue weighted by Crippen LogP contribution is 2.23. The zero-order valence-corrected chi connectivity index (χ0v) is 10.3. The Balaban J connectivity index is 2.16. The molecule has 0 radical (unpaired) electrons. The number of ether oxygens (including phenoxy) is 1. The molecule has 0 unspecified atom stereocenters. The topological polar surface area (TPSA) is 52.3 Å². The summed E-state index contributed by atoms with van der Waals surface area (Å²) >= 11 is 0. The number of methoxy groups -OCH3 is 1. The van der Waals surface area contributed by atoms with Crippen LogP contribution in [0.25, 0.3) is 22.3 Å². The summed E-state index contributed by atoms with van der Waals surface area (Å²) in [5.41, 5.74) is 1.24. The summed E-state index contributed by atoms with van der Waals surface area (Å²) in [5.74, 6) is 1.28. The smallest absolute Gasteiger partial charge is 0.193 e. The molecule has 0 aliphatic rings. The van der Waals surface area contributed by atoms with Crippen LogP contribution in [0.15, 0.2) is 58.0 Å². The van der Waals surface area contributed by atoms with Gasteiger partial charge in [0, 0.05) is 17.8 Å². The molecule has 0 amide bonds. The van der Waals surface area contributed by atoms with Crippen molar-refractivity contribution in [2.24, 2.45) is 0 Å². The van der Waals surface area contributed by atoms with Crippen LogP contribution >= 0.6 is 0 Å². The second-order valence-electron chi connectivity index (χ2n) is 4.08. The van der Waals surface area contributed by atoms with Crippen LogP contribution < -0.4 is 10.2 Å². The van der Waals surface area contributed by atoms with Crippen LogP contribution in [0.2, 0.25) is 0 Å². The second kappa shape index (κ2) is 4.57. The Morgan fingerprint density at radius 1 is 1.16 bits per heavy atom. The molecule has 0 atom stereocenters. The van der Waals surface area contributed by atoms with Crippen molar-refractivity contribution in [2.45, 2.75) is 0 Å². The molecule has 94 valence electrons. The second-order valence-corrected chi connectivity index (χ2v) is 4.08. The molecule has 19 heavy (non-hydrogen) atoms. The Morgan fingerprint density at radius 3 is 2.68 bits per heavy atom. The number of fused-ring (bicyclic) bond motifs is 1. The number of hydrogen-bond acceptors (Lipinski definition) is 4. The minimum absolute atomic E-state index is 0.0746. The van der Waals surface area contributed by atoms with E-state index < -0.39 is 0 Å². The monoisotopic (exact) mass is 253 g/mol. The van der Waals surface area contributed by atoms with E-state index >= 15 is 0 Å². The third kappa shape index (κ3) is 2.08. The van der Waals surface area contributed by atoms with E-state index in [0.29, 0.717) is 16.7 Å².